The molecule has 0 heterocycles. The topological polar surface area (TPSA) is 77.8 Å². The van der Waals surface area contributed by atoms with Crippen LogP contribution in [0.2, 0.25) is 0 Å². The molecule has 0 radical (unpaired) electrons. The number of carbonyl (C=O) groups is 1. The van der Waals surface area contributed by atoms with Crippen molar-refractivity contribution in [2.75, 3.05) is 0 Å². The van der Waals surface area contributed by atoms with E-state index in [0.717, 1.165) is 32.1 Å². The van der Waals surface area contributed by atoms with Crippen molar-refractivity contribution >= 4 is 5.97 Å². The highest BCUT2D eigenvalue weighted by molar-refractivity contribution is 5.73. The van der Waals surface area contributed by atoms with E-state index in [1.54, 1.807) is 0 Å². The predicted octanol–water partition coefficient (Wildman–Crippen LogP) is 4.33. The van der Waals surface area contributed by atoms with Crippen LogP contribution in [-0.4, -0.2) is 33.5 Å². The van der Waals surface area contributed by atoms with Crippen LogP contribution in [0, 0.1) is 58.2 Å². The van der Waals surface area contributed by atoms with E-state index in [4.69, 9.17) is 0 Å². The maximum Gasteiger partial charge on any atom is 0.306 e. The Labute approximate surface area is 175 Å². The van der Waals surface area contributed by atoms with Gasteiger partial charge in [-0.3, -0.25) is 4.79 Å². The van der Waals surface area contributed by atoms with Gasteiger partial charge in [-0.25, -0.2) is 0 Å². The first-order chi connectivity index (χ1) is 13.7. The molecule has 12 atom stereocenters. The second-order valence-electron chi connectivity index (χ2n) is 12.2. The summed E-state index contributed by atoms with van der Waals surface area (Å²) in [6.45, 7) is 7.26. The maximum absolute atomic E-state index is 11.4. The molecule has 0 aromatic heterocycles. The Morgan fingerprint density at radius 2 is 1.62 bits per heavy atom. The van der Waals surface area contributed by atoms with Crippen LogP contribution in [0.4, 0.5) is 0 Å². The SMILES string of the molecule is C[C@H](C1CC1C(=O)O)[C@H]1CCC2C3C(CC[C@@]21C)[C@@]1(C)CC[C@@H](O)C[C@H]1C[C@H]3O. The molecule has 29 heavy (non-hydrogen) atoms. The van der Waals surface area contributed by atoms with E-state index >= 15 is 0 Å². The molecule has 164 valence electrons. The first kappa shape index (κ1) is 20.3. The van der Waals surface area contributed by atoms with Crippen LogP contribution in [0.25, 0.3) is 0 Å². The average molecular weight is 405 g/mol. The zero-order valence-corrected chi connectivity index (χ0v) is 18.4. The van der Waals surface area contributed by atoms with Crippen molar-refractivity contribution in [3.05, 3.63) is 0 Å². The van der Waals surface area contributed by atoms with Gasteiger partial charge in [-0.1, -0.05) is 20.8 Å². The molecule has 5 fully saturated rings. The van der Waals surface area contributed by atoms with Gasteiger partial charge in [-0.2, -0.15) is 0 Å². The first-order valence-electron chi connectivity index (χ1n) is 12.3. The van der Waals surface area contributed by atoms with Gasteiger partial charge in [0.1, 0.15) is 0 Å². The molecule has 0 aromatic rings. The van der Waals surface area contributed by atoms with Crippen molar-refractivity contribution < 1.29 is 20.1 Å². The lowest BCUT2D eigenvalue weighted by molar-refractivity contribution is -0.174. The summed E-state index contributed by atoms with van der Waals surface area (Å²) < 4.78 is 0. The van der Waals surface area contributed by atoms with Gasteiger partial charge in [-0.05, 0) is 110 Å². The summed E-state index contributed by atoms with van der Waals surface area (Å²) in [4.78, 5) is 11.4. The van der Waals surface area contributed by atoms with Gasteiger partial charge >= 0.3 is 5.97 Å². The lowest BCUT2D eigenvalue weighted by Crippen LogP contribution is -2.58. The minimum absolute atomic E-state index is 0.113. The van der Waals surface area contributed by atoms with Crippen molar-refractivity contribution in [3.63, 3.8) is 0 Å². The zero-order chi connectivity index (χ0) is 20.7. The molecule has 5 saturated carbocycles. The monoisotopic (exact) mass is 404 g/mol. The second-order valence-corrected chi connectivity index (χ2v) is 12.2. The Hall–Kier alpha value is -0.610. The zero-order valence-electron chi connectivity index (χ0n) is 18.4. The highest BCUT2D eigenvalue weighted by Gasteiger charge is 2.64. The van der Waals surface area contributed by atoms with E-state index in [-0.39, 0.29) is 29.0 Å². The lowest BCUT2D eigenvalue weighted by atomic mass is 9.43. The molecule has 0 amide bonds. The Morgan fingerprint density at radius 3 is 2.31 bits per heavy atom. The summed E-state index contributed by atoms with van der Waals surface area (Å²) in [6.07, 6.45) is 9.08. The van der Waals surface area contributed by atoms with Crippen LogP contribution in [0.3, 0.4) is 0 Å². The molecule has 0 aliphatic heterocycles. The summed E-state index contributed by atoms with van der Waals surface area (Å²) in [5, 5.41) is 30.9. The van der Waals surface area contributed by atoms with Crippen LogP contribution in [-0.2, 0) is 4.79 Å². The number of aliphatic hydroxyl groups excluding tert-OH is 2. The Balaban J connectivity index is 1.39. The third-order valence-electron chi connectivity index (χ3n) is 11.2. The van der Waals surface area contributed by atoms with Gasteiger partial charge in [0.2, 0.25) is 0 Å². The van der Waals surface area contributed by atoms with Crippen LogP contribution in [0.15, 0.2) is 0 Å². The summed E-state index contributed by atoms with van der Waals surface area (Å²) in [6, 6.07) is 0. The van der Waals surface area contributed by atoms with E-state index in [1.807, 2.05) is 0 Å². The van der Waals surface area contributed by atoms with Gasteiger partial charge in [0.15, 0.2) is 0 Å². The minimum atomic E-state index is -0.605. The van der Waals surface area contributed by atoms with Crippen molar-refractivity contribution in [1.29, 1.82) is 0 Å². The van der Waals surface area contributed by atoms with Crippen molar-refractivity contribution in [1.82, 2.24) is 0 Å². The number of carboxylic acids is 1. The molecule has 0 bridgehead atoms. The molecular formula is C25H40O4. The number of carboxylic acid groups (broad SMARTS) is 1. The number of aliphatic hydroxyl groups is 2. The van der Waals surface area contributed by atoms with E-state index < -0.39 is 5.97 Å². The van der Waals surface area contributed by atoms with Gasteiger partial charge < -0.3 is 15.3 Å². The van der Waals surface area contributed by atoms with Crippen molar-refractivity contribution in [3.8, 4) is 0 Å². The fourth-order valence-electron chi connectivity index (χ4n) is 9.48. The molecule has 0 spiro atoms. The summed E-state index contributed by atoms with van der Waals surface area (Å²) in [5.74, 6) is 2.76. The van der Waals surface area contributed by atoms with E-state index in [0.29, 0.717) is 41.4 Å². The van der Waals surface area contributed by atoms with Crippen molar-refractivity contribution in [2.24, 2.45) is 58.2 Å². The molecule has 5 rings (SSSR count). The van der Waals surface area contributed by atoms with E-state index in [9.17, 15) is 20.1 Å². The number of hydrogen-bond donors (Lipinski definition) is 3. The molecule has 5 aliphatic rings. The number of hydrogen-bond acceptors (Lipinski definition) is 3. The molecule has 0 saturated heterocycles. The molecule has 4 heteroatoms. The summed E-state index contributed by atoms with van der Waals surface area (Å²) in [7, 11) is 0. The smallest absolute Gasteiger partial charge is 0.306 e. The van der Waals surface area contributed by atoms with Crippen LogP contribution in [0.5, 0.6) is 0 Å². The maximum atomic E-state index is 11.4. The number of fused-ring (bicyclic) bond motifs is 5. The third kappa shape index (κ3) is 2.87. The number of rotatable bonds is 3. The van der Waals surface area contributed by atoms with Gasteiger partial charge in [-0.15, -0.1) is 0 Å². The quantitative estimate of drug-likeness (QED) is 0.654. The highest BCUT2D eigenvalue weighted by Crippen LogP contribution is 2.69. The summed E-state index contributed by atoms with van der Waals surface area (Å²) >= 11 is 0. The molecule has 0 aromatic carbocycles. The molecule has 5 aliphatic carbocycles. The van der Waals surface area contributed by atoms with E-state index in [1.165, 1.54) is 25.7 Å². The Kier molecular flexibility index (Phi) is 4.68. The largest absolute Gasteiger partial charge is 0.481 e. The van der Waals surface area contributed by atoms with Crippen molar-refractivity contribution in [2.45, 2.75) is 90.8 Å². The van der Waals surface area contributed by atoms with E-state index in [2.05, 4.69) is 20.8 Å². The van der Waals surface area contributed by atoms with Gasteiger partial charge in [0.05, 0.1) is 18.1 Å². The van der Waals surface area contributed by atoms with Gasteiger partial charge in [0, 0.05) is 0 Å². The van der Waals surface area contributed by atoms with Crippen LogP contribution >= 0.6 is 0 Å². The Morgan fingerprint density at radius 1 is 0.931 bits per heavy atom. The fourth-order valence-corrected chi connectivity index (χ4v) is 9.48. The van der Waals surface area contributed by atoms with Gasteiger partial charge in [0.25, 0.3) is 0 Å². The van der Waals surface area contributed by atoms with Crippen LogP contribution < -0.4 is 0 Å². The molecule has 3 N–H and O–H groups in total. The lowest BCUT2D eigenvalue weighted by Gasteiger charge is -2.62. The Bertz CT molecular complexity index is 678. The second kappa shape index (κ2) is 6.69. The first-order valence-corrected chi connectivity index (χ1v) is 12.3. The molecule has 5 unspecified atom stereocenters. The minimum Gasteiger partial charge on any atom is -0.481 e. The highest BCUT2D eigenvalue weighted by atomic mass is 16.4. The fraction of sp³-hybridized carbons (Fsp3) is 0.960. The molecular weight excluding hydrogens is 364 g/mol. The number of aliphatic carboxylic acids is 1. The average Bonchev–Trinajstić information content (AvgIpc) is 3.39. The standard InChI is InChI=1S/C25H40O4/c1-13(16-12-17(16)23(28)29)18-4-5-19-22-20(7-9-25(18,19)3)24(2)8-6-15(26)10-14(24)11-21(22)27/h13-22,26-27H,4-12H2,1-3H3,(H,28,29)/t13-,14+,15-,16?,17?,18-,19?,20?,21-,22?,24+,25-/m1/s1. The third-order valence-corrected chi connectivity index (χ3v) is 11.2. The predicted molar refractivity (Wildman–Crippen MR) is 111 cm³/mol. The molecule has 4 nitrogen and oxygen atoms in total. The normalized spacial score (nSPS) is 57.3. The summed E-state index contributed by atoms with van der Waals surface area (Å²) in [5.41, 5.74) is 0.531. The van der Waals surface area contributed by atoms with Crippen LogP contribution in [0.1, 0.15) is 78.6 Å².